The molecule has 1 fully saturated rings. The molecule has 2 N–H and O–H groups in total. The molecule has 3 nitrogen and oxygen atoms in total. The van der Waals surface area contributed by atoms with Crippen molar-refractivity contribution >= 4 is 11.3 Å². The van der Waals surface area contributed by atoms with Crippen LogP contribution in [0.3, 0.4) is 0 Å². The van der Waals surface area contributed by atoms with E-state index in [2.05, 4.69) is 22.4 Å². The molecule has 1 aliphatic heterocycles. The van der Waals surface area contributed by atoms with E-state index in [0.29, 0.717) is 0 Å². The third-order valence-electron chi connectivity index (χ3n) is 2.77. The van der Waals surface area contributed by atoms with Gasteiger partial charge in [0.25, 0.3) is 0 Å². The molecular formula is C11H18N2OS. The zero-order valence-corrected chi connectivity index (χ0v) is 9.71. The molecule has 4 heteroatoms. The second-order valence-electron chi connectivity index (χ2n) is 3.86. The molecule has 0 amide bonds. The minimum atomic E-state index is 0.202. The van der Waals surface area contributed by atoms with E-state index >= 15 is 0 Å². The van der Waals surface area contributed by atoms with E-state index in [9.17, 15) is 0 Å². The predicted molar refractivity (Wildman–Crippen MR) is 63.1 cm³/mol. The summed E-state index contributed by atoms with van der Waals surface area (Å²) in [6, 6.07) is 4.39. The summed E-state index contributed by atoms with van der Waals surface area (Å²) in [5.74, 6) is 0. The summed E-state index contributed by atoms with van der Waals surface area (Å²) in [7, 11) is 0. The van der Waals surface area contributed by atoms with E-state index < -0.39 is 0 Å². The molecule has 1 aromatic rings. The molecule has 1 aromatic heterocycles. The Kier molecular flexibility index (Phi) is 4.14. The van der Waals surface area contributed by atoms with E-state index in [1.165, 1.54) is 4.88 Å². The number of nitrogens with two attached hydrogens (primary N) is 1. The number of thiophene rings is 1. The van der Waals surface area contributed by atoms with Crippen molar-refractivity contribution in [3.05, 3.63) is 22.4 Å². The first-order chi connectivity index (χ1) is 7.36. The van der Waals surface area contributed by atoms with E-state index in [4.69, 9.17) is 10.5 Å². The lowest BCUT2D eigenvalue weighted by molar-refractivity contribution is 0.0366. The topological polar surface area (TPSA) is 38.5 Å². The molecule has 0 unspecified atom stereocenters. The highest BCUT2D eigenvalue weighted by molar-refractivity contribution is 7.10. The number of hydrogen-bond acceptors (Lipinski definition) is 4. The van der Waals surface area contributed by atoms with Gasteiger partial charge in [-0.05, 0) is 17.9 Å². The molecular weight excluding hydrogens is 208 g/mol. The first-order valence-corrected chi connectivity index (χ1v) is 6.33. The average Bonchev–Trinajstić information content (AvgIpc) is 2.81. The van der Waals surface area contributed by atoms with Crippen LogP contribution >= 0.6 is 11.3 Å². The summed E-state index contributed by atoms with van der Waals surface area (Å²) in [5, 5.41) is 2.09. The van der Waals surface area contributed by atoms with Gasteiger partial charge in [-0.15, -0.1) is 11.3 Å². The Morgan fingerprint density at radius 1 is 1.47 bits per heavy atom. The Labute approximate surface area is 94.8 Å². The largest absolute Gasteiger partial charge is 0.379 e. The maximum absolute atomic E-state index is 6.11. The van der Waals surface area contributed by atoms with Gasteiger partial charge in [0.1, 0.15) is 0 Å². The highest BCUT2D eigenvalue weighted by atomic mass is 32.1. The highest BCUT2D eigenvalue weighted by Gasteiger charge is 2.13. The molecule has 0 bridgehead atoms. The van der Waals surface area contributed by atoms with E-state index in [1.54, 1.807) is 11.3 Å². The van der Waals surface area contributed by atoms with Crippen LogP contribution in [-0.2, 0) is 4.74 Å². The van der Waals surface area contributed by atoms with Crippen LogP contribution in [-0.4, -0.2) is 37.7 Å². The van der Waals surface area contributed by atoms with Gasteiger partial charge >= 0.3 is 0 Å². The minimum absolute atomic E-state index is 0.202. The molecule has 0 aliphatic carbocycles. The molecule has 0 radical (unpaired) electrons. The molecule has 0 aromatic carbocycles. The quantitative estimate of drug-likeness (QED) is 0.845. The van der Waals surface area contributed by atoms with Gasteiger partial charge in [-0.2, -0.15) is 0 Å². The second kappa shape index (κ2) is 5.61. The van der Waals surface area contributed by atoms with E-state index in [1.807, 2.05) is 0 Å². The van der Waals surface area contributed by atoms with Crippen molar-refractivity contribution in [1.82, 2.24) is 4.90 Å². The molecule has 2 heterocycles. The van der Waals surface area contributed by atoms with Crippen molar-refractivity contribution in [2.45, 2.75) is 12.5 Å². The summed E-state index contributed by atoms with van der Waals surface area (Å²) in [4.78, 5) is 3.72. The third kappa shape index (κ3) is 3.28. The van der Waals surface area contributed by atoms with Crippen molar-refractivity contribution in [3.8, 4) is 0 Å². The van der Waals surface area contributed by atoms with Crippen LogP contribution in [0.15, 0.2) is 17.5 Å². The number of nitrogens with zero attached hydrogens (tertiary/aromatic N) is 1. The molecule has 1 saturated heterocycles. The van der Waals surface area contributed by atoms with Gasteiger partial charge in [-0.25, -0.2) is 0 Å². The summed E-state index contributed by atoms with van der Waals surface area (Å²) in [6.07, 6.45) is 1.04. The Balaban J connectivity index is 1.73. The van der Waals surface area contributed by atoms with Crippen LogP contribution in [0.2, 0.25) is 0 Å². The fourth-order valence-corrected chi connectivity index (χ4v) is 2.55. The van der Waals surface area contributed by atoms with Crippen LogP contribution in [0, 0.1) is 0 Å². The maximum atomic E-state index is 6.11. The van der Waals surface area contributed by atoms with Gasteiger partial charge in [0.05, 0.1) is 13.2 Å². The summed E-state index contributed by atoms with van der Waals surface area (Å²) < 4.78 is 5.31. The number of morpholine rings is 1. The predicted octanol–water partition coefficient (Wildman–Crippen LogP) is 1.47. The number of hydrogen-bond donors (Lipinski definition) is 1. The van der Waals surface area contributed by atoms with Crippen molar-refractivity contribution in [2.75, 3.05) is 32.8 Å². The maximum Gasteiger partial charge on any atom is 0.0594 e. The Bertz CT molecular complexity index is 270. The Morgan fingerprint density at radius 3 is 2.93 bits per heavy atom. The Hall–Kier alpha value is -0.420. The van der Waals surface area contributed by atoms with Crippen LogP contribution in [0.1, 0.15) is 17.3 Å². The summed E-state index contributed by atoms with van der Waals surface area (Å²) in [5.41, 5.74) is 6.11. The van der Waals surface area contributed by atoms with Crippen molar-refractivity contribution in [3.63, 3.8) is 0 Å². The van der Waals surface area contributed by atoms with Gasteiger partial charge in [0.2, 0.25) is 0 Å². The number of ether oxygens (including phenoxy) is 1. The van der Waals surface area contributed by atoms with Gasteiger partial charge in [-0.1, -0.05) is 6.07 Å². The van der Waals surface area contributed by atoms with Crippen LogP contribution in [0.5, 0.6) is 0 Å². The van der Waals surface area contributed by atoms with Gasteiger partial charge < -0.3 is 10.5 Å². The average molecular weight is 226 g/mol. The number of rotatable bonds is 4. The fraction of sp³-hybridized carbons (Fsp3) is 0.636. The molecule has 1 atom stereocenters. The Morgan fingerprint density at radius 2 is 2.27 bits per heavy atom. The minimum Gasteiger partial charge on any atom is -0.379 e. The highest BCUT2D eigenvalue weighted by Crippen LogP contribution is 2.19. The zero-order valence-electron chi connectivity index (χ0n) is 8.89. The SMILES string of the molecule is N[C@H](CCN1CCOCC1)c1cccs1. The lowest BCUT2D eigenvalue weighted by atomic mass is 10.2. The smallest absolute Gasteiger partial charge is 0.0594 e. The van der Waals surface area contributed by atoms with E-state index in [0.717, 1.165) is 39.3 Å². The molecule has 15 heavy (non-hydrogen) atoms. The molecule has 84 valence electrons. The van der Waals surface area contributed by atoms with Gasteiger partial charge in [0.15, 0.2) is 0 Å². The second-order valence-corrected chi connectivity index (χ2v) is 4.84. The zero-order chi connectivity index (χ0) is 10.5. The lowest BCUT2D eigenvalue weighted by Gasteiger charge is -2.27. The summed E-state index contributed by atoms with van der Waals surface area (Å²) in [6.45, 7) is 4.93. The summed E-state index contributed by atoms with van der Waals surface area (Å²) >= 11 is 1.75. The standard InChI is InChI=1S/C11H18N2OS/c12-10(11-2-1-9-15-11)3-4-13-5-7-14-8-6-13/h1-2,9-10H,3-8,12H2/t10-/m1/s1. The molecule has 2 rings (SSSR count). The van der Waals surface area contributed by atoms with Crippen molar-refractivity contribution in [2.24, 2.45) is 5.73 Å². The van der Waals surface area contributed by atoms with Crippen molar-refractivity contribution in [1.29, 1.82) is 0 Å². The van der Waals surface area contributed by atoms with Crippen LogP contribution in [0.4, 0.5) is 0 Å². The third-order valence-corrected chi connectivity index (χ3v) is 3.77. The van der Waals surface area contributed by atoms with Crippen LogP contribution < -0.4 is 5.73 Å². The molecule has 0 spiro atoms. The lowest BCUT2D eigenvalue weighted by Crippen LogP contribution is -2.37. The van der Waals surface area contributed by atoms with Crippen molar-refractivity contribution < 1.29 is 4.74 Å². The molecule has 0 saturated carbocycles. The molecule has 1 aliphatic rings. The van der Waals surface area contributed by atoms with Crippen LogP contribution in [0.25, 0.3) is 0 Å². The first kappa shape index (κ1) is 11.1. The first-order valence-electron chi connectivity index (χ1n) is 5.45. The van der Waals surface area contributed by atoms with Gasteiger partial charge in [0, 0.05) is 30.6 Å². The normalized spacial score (nSPS) is 20.3. The van der Waals surface area contributed by atoms with E-state index in [-0.39, 0.29) is 6.04 Å². The monoisotopic (exact) mass is 226 g/mol. The van der Waals surface area contributed by atoms with Gasteiger partial charge in [-0.3, -0.25) is 4.90 Å². The fourth-order valence-electron chi connectivity index (χ4n) is 1.79.